The maximum absolute atomic E-state index is 13.0. The Labute approximate surface area is 348 Å². The van der Waals surface area contributed by atoms with Crippen LogP contribution in [-0.2, 0) is 25.0 Å². The summed E-state index contributed by atoms with van der Waals surface area (Å²) >= 11 is 0. The fraction of sp³-hybridized carbons (Fsp3) is 0.0233. The van der Waals surface area contributed by atoms with E-state index in [1.165, 1.54) is 37.3 Å². The van der Waals surface area contributed by atoms with E-state index in [1.807, 2.05) is 50.5 Å². The van der Waals surface area contributed by atoms with Crippen LogP contribution in [0.3, 0.4) is 0 Å². The van der Waals surface area contributed by atoms with Gasteiger partial charge in [-0.1, -0.05) is 72.8 Å². The SMILES string of the molecule is CC(=O)c1cc(N=Nc2ccc(C=Cc3ccc(-n4n5c6ccc7ccccc7c6n45)cc3S(=O)(=O)O)cc2)c(OC=O)cc1-n1n2c3ccc4cc(S(=O)(=O)O)ccc4c3n12. The van der Waals surface area contributed by atoms with Gasteiger partial charge in [-0.05, 0) is 83.4 Å². The van der Waals surface area contributed by atoms with Gasteiger partial charge in [0, 0.05) is 22.4 Å². The first-order chi connectivity index (χ1) is 29.8. The molecule has 0 radical (unpaired) electrons. The van der Waals surface area contributed by atoms with Crippen LogP contribution in [0.4, 0.5) is 11.4 Å². The zero-order valence-corrected chi connectivity index (χ0v) is 33.6. The molecule has 0 saturated heterocycles. The van der Waals surface area contributed by atoms with Crippen molar-refractivity contribution in [3.05, 3.63) is 138 Å². The van der Waals surface area contributed by atoms with Crippen LogP contribution in [0.15, 0.2) is 141 Å². The molecule has 0 bridgehead atoms. The van der Waals surface area contributed by atoms with Gasteiger partial charge in [0.05, 0.1) is 16.3 Å². The number of ketones is 1. The summed E-state index contributed by atoms with van der Waals surface area (Å²) in [5.74, 6) is -0.271. The van der Waals surface area contributed by atoms with Gasteiger partial charge in [0.2, 0.25) is 0 Å². The molecule has 17 nitrogen and oxygen atoms in total. The van der Waals surface area contributed by atoms with Crippen LogP contribution in [0.25, 0.3) is 67.1 Å². The number of azo groups is 1. The zero-order chi connectivity index (χ0) is 42.8. The fourth-order valence-corrected chi connectivity index (χ4v) is 9.21. The molecule has 4 aromatic heterocycles. The third-order valence-corrected chi connectivity index (χ3v) is 12.7. The molecule has 62 heavy (non-hydrogen) atoms. The van der Waals surface area contributed by atoms with Gasteiger partial charge in [-0.15, -0.1) is 28.4 Å². The second-order valence-corrected chi connectivity index (χ2v) is 17.4. The Balaban J connectivity index is 0.861. The lowest BCUT2D eigenvalue weighted by Crippen LogP contribution is -2.02. The van der Waals surface area contributed by atoms with E-state index >= 15 is 0 Å². The summed E-state index contributed by atoms with van der Waals surface area (Å²) in [7, 11) is -9.00. The highest BCUT2D eigenvalue weighted by Gasteiger charge is 2.30. The molecule has 2 N–H and O–H groups in total. The minimum atomic E-state index is -4.60. The topological polar surface area (TPSA) is 204 Å². The lowest BCUT2D eigenvalue weighted by molar-refractivity contribution is -0.120. The van der Waals surface area contributed by atoms with Crippen LogP contribution in [0.1, 0.15) is 28.4 Å². The van der Waals surface area contributed by atoms with E-state index in [-0.39, 0.29) is 44.6 Å². The minimum absolute atomic E-state index is 0.0305. The highest BCUT2D eigenvalue weighted by molar-refractivity contribution is 7.86. The molecule has 7 aromatic carbocycles. The lowest BCUT2D eigenvalue weighted by atomic mass is 10.1. The van der Waals surface area contributed by atoms with Crippen LogP contribution in [0, 0.1) is 0 Å². The van der Waals surface area contributed by atoms with Crippen LogP contribution in [0.2, 0.25) is 0 Å². The summed E-state index contributed by atoms with van der Waals surface area (Å²) in [6.45, 7) is 1.63. The molecule has 0 amide bonds. The van der Waals surface area contributed by atoms with Crippen molar-refractivity contribution in [1.29, 1.82) is 0 Å². The maximum atomic E-state index is 13.0. The number of rotatable bonds is 11. The van der Waals surface area contributed by atoms with Gasteiger partial charge in [0.1, 0.15) is 38.3 Å². The van der Waals surface area contributed by atoms with Crippen LogP contribution in [-0.4, -0.2) is 66.3 Å². The largest absolute Gasteiger partial charge is 0.426 e. The van der Waals surface area contributed by atoms with Gasteiger partial charge >= 0.3 is 0 Å². The molecular weight excluding hydrogens is 837 g/mol. The molecule has 0 atom stereocenters. The Morgan fingerprint density at radius 3 is 2.06 bits per heavy atom. The molecule has 19 heteroatoms. The third kappa shape index (κ3) is 5.74. The molecule has 0 aliphatic heterocycles. The van der Waals surface area contributed by atoms with Crippen molar-refractivity contribution in [3.63, 3.8) is 0 Å². The highest BCUT2D eigenvalue weighted by Crippen LogP contribution is 2.39. The predicted molar refractivity (Wildman–Crippen MR) is 229 cm³/mol. The van der Waals surface area contributed by atoms with Crippen LogP contribution >= 0.6 is 0 Å². The number of fused-ring (bicyclic) bond motifs is 12. The van der Waals surface area contributed by atoms with E-state index < -0.39 is 20.2 Å². The first kappa shape index (κ1) is 37.2. The highest BCUT2D eigenvalue weighted by atomic mass is 32.2. The normalized spacial score (nSPS) is 13.0. The van der Waals surface area contributed by atoms with E-state index in [4.69, 9.17) is 4.74 Å². The number of hydrogen-bond donors (Lipinski definition) is 2. The second-order valence-electron chi connectivity index (χ2n) is 14.6. The number of nitrogens with zero attached hydrogens (tertiary/aromatic N) is 8. The average Bonchev–Trinajstić information content (AvgIpc) is 4.11. The quantitative estimate of drug-likeness (QED) is 0.0421. The second kappa shape index (κ2) is 13.1. The smallest absolute Gasteiger partial charge is 0.298 e. The Bertz CT molecular complexity index is 3950. The molecule has 11 aromatic rings. The summed E-state index contributed by atoms with van der Waals surface area (Å²) in [5.41, 5.74) is 6.22. The molecule has 0 aliphatic rings. The summed E-state index contributed by atoms with van der Waals surface area (Å²) in [6, 6.07) is 34.5. The minimum Gasteiger partial charge on any atom is -0.426 e. The third-order valence-electron chi connectivity index (χ3n) is 10.9. The Morgan fingerprint density at radius 2 is 1.35 bits per heavy atom. The number of carbonyl (C=O) groups is 2. The number of ether oxygens (including phenoxy) is 1. The van der Waals surface area contributed by atoms with Gasteiger partial charge in [-0.2, -0.15) is 26.7 Å². The molecule has 0 unspecified atom stereocenters. The van der Waals surface area contributed by atoms with Gasteiger partial charge in [-0.25, -0.2) is 0 Å². The zero-order valence-electron chi connectivity index (χ0n) is 31.9. The summed E-state index contributed by atoms with van der Waals surface area (Å²) in [6.07, 6.45) is 3.28. The number of Topliss-reactive ketones (excluding diaryl/α,β-unsaturated/α-hetero) is 1. The summed E-state index contributed by atoms with van der Waals surface area (Å²) in [5, 5.41) is 12.1. The molecule has 0 fully saturated rings. The average molecular weight is 865 g/mol. The van der Waals surface area contributed by atoms with E-state index in [9.17, 15) is 35.5 Å². The Hall–Kier alpha value is -7.84. The van der Waals surface area contributed by atoms with Crippen molar-refractivity contribution in [2.24, 2.45) is 10.2 Å². The van der Waals surface area contributed by atoms with Gasteiger partial charge in [0.25, 0.3) is 26.7 Å². The Morgan fingerprint density at radius 1 is 0.661 bits per heavy atom. The molecular formula is C43H28N8O9S2. The maximum Gasteiger partial charge on any atom is 0.298 e. The summed E-state index contributed by atoms with van der Waals surface area (Å²) < 4.78 is 81.0. The predicted octanol–water partition coefficient (Wildman–Crippen LogP) is 8.28. The van der Waals surface area contributed by atoms with Crippen LogP contribution < -0.4 is 4.74 Å². The number of aromatic nitrogens is 6. The van der Waals surface area contributed by atoms with Crippen molar-refractivity contribution in [2.75, 3.05) is 0 Å². The molecule has 0 spiro atoms. The molecule has 11 rings (SSSR count). The van der Waals surface area contributed by atoms with E-state index in [2.05, 4.69) is 10.2 Å². The molecule has 0 aliphatic carbocycles. The van der Waals surface area contributed by atoms with E-state index in [0.29, 0.717) is 33.4 Å². The number of hydrogen-bond acceptors (Lipinski definition) is 9. The number of benzene rings is 7. The molecule has 4 heterocycles. The fourth-order valence-electron chi connectivity index (χ4n) is 7.99. The first-order valence-electron chi connectivity index (χ1n) is 18.8. The number of carbonyl (C=O) groups excluding carboxylic acids is 2. The van der Waals surface area contributed by atoms with Crippen molar-refractivity contribution < 1.29 is 40.3 Å². The van der Waals surface area contributed by atoms with Crippen molar-refractivity contribution in [2.45, 2.75) is 16.7 Å². The summed E-state index contributed by atoms with van der Waals surface area (Å²) in [4.78, 5) is 27.6. The standard InChI is InChI=1S/C43H28N8O9S2/c1-25(53)35-22-36(40(60-24-52)23-39(35)49-48-38-19-12-29-20-32(61(54,55)56)16-17-34(29)43(38)51(48)49)45-44-30-13-7-26(8-14-30)6-9-28-10-15-31(21-41(28)62(57,58)59)46-47-37-18-11-27-4-2-3-5-33(27)42(37)50(46)47/h2-24H,1H3,(H,54,55,56)(H,57,58,59). The first-order valence-corrected chi connectivity index (χ1v) is 21.7. The van der Waals surface area contributed by atoms with Crippen LogP contribution in [0.5, 0.6) is 5.75 Å². The van der Waals surface area contributed by atoms with Gasteiger partial charge in [0.15, 0.2) is 11.5 Å². The monoisotopic (exact) mass is 864 g/mol. The lowest BCUT2D eigenvalue weighted by Gasteiger charge is -2.08. The van der Waals surface area contributed by atoms with Gasteiger partial charge in [-0.3, -0.25) is 18.7 Å². The van der Waals surface area contributed by atoms with E-state index in [0.717, 1.165) is 32.8 Å². The van der Waals surface area contributed by atoms with Crippen molar-refractivity contribution in [3.8, 4) is 17.1 Å². The van der Waals surface area contributed by atoms with Gasteiger partial charge < -0.3 is 4.74 Å². The molecule has 0 saturated carbocycles. The van der Waals surface area contributed by atoms with E-state index in [1.54, 1.807) is 80.8 Å². The molecule has 306 valence electrons. The van der Waals surface area contributed by atoms with Crippen molar-refractivity contribution >= 4 is 99.6 Å². The van der Waals surface area contributed by atoms with Crippen molar-refractivity contribution in [1.82, 2.24) is 28.1 Å². The Kier molecular flexibility index (Phi) is 7.84.